The zero-order valence-electron chi connectivity index (χ0n) is 8.76. The molecule has 0 spiro atoms. The number of aliphatic carboxylic acids is 1. The molecule has 0 saturated carbocycles. The van der Waals surface area contributed by atoms with Crippen LogP contribution in [0.5, 0.6) is 0 Å². The molecule has 0 amide bonds. The van der Waals surface area contributed by atoms with Crippen LogP contribution in [0.1, 0.15) is 25.0 Å². The molecule has 3 nitrogen and oxygen atoms in total. The van der Waals surface area contributed by atoms with Crippen molar-refractivity contribution >= 4 is 29.1 Å². The van der Waals surface area contributed by atoms with Crippen molar-refractivity contribution in [3.63, 3.8) is 0 Å². The molecule has 0 saturated heterocycles. The van der Waals surface area contributed by atoms with E-state index in [4.69, 9.17) is 5.11 Å². The number of carbonyl (C=O) groups is 1. The quantitative estimate of drug-likeness (QED) is 0.840. The van der Waals surface area contributed by atoms with E-state index in [1.54, 1.807) is 11.8 Å². The first kappa shape index (κ1) is 11.7. The van der Waals surface area contributed by atoms with Gasteiger partial charge in [0.2, 0.25) is 0 Å². The number of carboxylic acid groups (broad SMARTS) is 1. The number of rotatable bonds is 4. The lowest BCUT2D eigenvalue weighted by molar-refractivity contribution is -0.136. The molecule has 2 rings (SSSR count). The topological polar surface area (TPSA) is 50.2 Å². The van der Waals surface area contributed by atoms with Gasteiger partial charge < -0.3 is 5.11 Å². The highest BCUT2D eigenvalue weighted by Crippen LogP contribution is 2.32. The number of thiazole rings is 1. The molecule has 1 aromatic rings. The van der Waals surface area contributed by atoms with Crippen molar-refractivity contribution < 1.29 is 9.90 Å². The molecule has 0 bridgehead atoms. The lowest BCUT2D eigenvalue weighted by Gasteiger charge is -2.13. The lowest BCUT2D eigenvalue weighted by atomic mass is 10.1. The SMILES string of the molecule is O=C(O)Cc1csc(SC2C=CCCC2)n1. The van der Waals surface area contributed by atoms with Gasteiger partial charge in [-0.1, -0.05) is 23.9 Å². The summed E-state index contributed by atoms with van der Waals surface area (Å²) in [7, 11) is 0. The summed E-state index contributed by atoms with van der Waals surface area (Å²) in [6.45, 7) is 0. The average Bonchev–Trinajstić information content (AvgIpc) is 2.66. The Balaban J connectivity index is 1.94. The molecule has 1 aliphatic carbocycles. The first-order chi connectivity index (χ1) is 7.74. The minimum Gasteiger partial charge on any atom is -0.481 e. The summed E-state index contributed by atoms with van der Waals surface area (Å²) in [6, 6.07) is 0. The number of allylic oxidation sites excluding steroid dienone is 1. The molecule has 86 valence electrons. The Labute approximate surface area is 103 Å². The number of hydrogen-bond donors (Lipinski definition) is 1. The number of thioether (sulfide) groups is 1. The summed E-state index contributed by atoms with van der Waals surface area (Å²) < 4.78 is 0.979. The van der Waals surface area contributed by atoms with Crippen molar-refractivity contribution in [1.29, 1.82) is 0 Å². The van der Waals surface area contributed by atoms with Crippen LogP contribution in [0.3, 0.4) is 0 Å². The number of aromatic nitrogens is 1. The normalized spacial score (nSPS) is 19.9. The van der Waals surface area contributed by atoms with E-state index in [9.17, 15) is 4.79 Å². The summed E-state index contributed by atoms with van der Waals surface area (Å²) in [4.78, 5) is 14.8. The van der Waals surface area contributed by atoms with Crippen LogP contribution in [0, 0.1) is 0 Å². The van der Waals surface area contributed by atoms with Crippen LogP contribution in [0.2, 0.25) is 0 Å². The van der Waals surface area contributed by atoms with E-state index < -0.39 is 5.97 Å². The predicted octanol–water partition coefficient (Wildman–Crippen LogP) is 2.97. The van der Waals surface area contributed by atoms with Crippen molar-refractivity contribution in [2.24, 2.45) is 0 Å². The fourth-order valence-corrected chi connectivity index (χ4v) is 3.77. The van der Waals surface area contributed by atoms with Gasteiger partial charge >= 0.3 is 5.97 Å². The van der Waals surface area contributed by atoms with Crippen LogP contribution in [0.4, 0.5) is 0 Å². The fraction of sp³-hybridized carbons (Fsp3) is 0.455. The van der Waals surface area contributed by atoms with E-state index in [-0.39, 0.29) is 6.42 Å². The molecule has 1 unspecified atom stereocenters. The van der Waals surface area contributed by atoms with E-state index in [2.05, 4.69) is 17.1 Å². The highest BCUT2D eigenvalue weighted by atomic mass is 32.2. The molecular formula is C11H13NO2S2. The Kier molecular flexibility index (Phi) is 4.01. The van der Waals surface area contributed by atoms with E-state index in [0.717, 1.165) is 4.34 Å². The second kappa shape index (κ2) is 5.50. The predicted molar refractivity (Wildman–Crippen MR) is 66.1 cm³/mol. The van der Waals surface area contributed by atoms with Gasteiger partial charge in [0.05, 0.1) is 12.1 Å². The van der Waals surface area contributed by atoms with Crippen molar-refractivity contribution in [1.82, 2.24) is 4.98 Å². The average molecular weight is 255 g/mol. The van der Waals surface area contributed by atoms with Gasteiger partial charge in [-0.25, -0.2) is 4.98 Å². The Morgan fingerprint density at radius 2 is 2.56 bits per heavy atom. The van der Waals surface area contributed by atoms with E-state index in [1.807, 2.05) is 5.38 Å². The van der Waals surface area contributed by atoms with Crippen LogP contribution in [-0.2, 0) is 11.2 Å². The van der Waals surface area contributed by atoms with E-state index >= 15 is 0 Å². The Hall–Kier alpha value is -0.810. The number of hydrogen-bond acceptors (Lipinski definition) is 4. The van der Waals surface area contributed by atoms with E-state index in [0.29, 0.717) is 10.9 Å². The monoisotopic (exact) mass is 255 g/mol. The molecule has 1 aliphatic rings. The molecule has 0 aliphatic heterocycles. The zero-order valence-corrected chi connectivity index (χ0v) is 10.4. The standard InChI is InChI=1S/C11H13NO2S2/c13-10(14)6-8-7-15-11(12-8)16-9-4-2-1-3-5-9/h2,4,7,9H,1,3,5-6H2,(H,13,14). The van der Waals surface area contributed by atoms with Crippen LogP contribution < -0.4 is 0 Å². The summed E-state index contributed by atoms with van der Waals surface area (Å²) in [5.41, 5.74) is 0.666. The molecule has 1 atom stereocenters. The maximum atomic E-state index is 10.5. The Morgan fingerprint density at radius 1 is 1.69 bits per heavy atom. The number of carboxylic acids is 1. The zero-order chi connectivity index (χ0) is 11.4. The second-order valence-electron chi connectivity index (χ2n) is 3.69. The minimum absolute atomic E-state index is 0.0254. The van der Waals surface area contributed by atoms with Crippen LogP contribution in [0.15, 0.2) is 21.9 Å². The fourth-order valence-electron chi connectivity index (χ4n) is 1.59. The summed E-state index contributed by atoms with van der Waals surface area (Å²) in [5.74, 6) is -0.820. The third-order valence-electron chi connectivity index (χ3n) is 2.33. The Bertz CT molecular complexity index is 400. The molecule has 1 N–H and O–H groups in total. The highest BCUT2D eigenvalue weighted by Gasteiger charge is 2.13. The smallest absolute Gasteiger partial charge is 0.309 e. The van der Waals surface area contributed by atoms with Gasteiger partial charge in [-0.15, -0.1) is 11.3 Å². The molecular weight excluding hydrogens is 242 g/mol. The van der Waals surface area contributed by atoms with Crippen molar-refractivity contribution in [3.05, 3.63) is 23.2 Å². The molecule has 0 radical (unpaired) electrons. The first-order valence-corrected chi connectivity index (χ1v) is 6.99. The molecule has 16 heavy (non-hydrogen) atoms. The minimum atomic E-state index is -0.820. The largest absolute Gasteiger partial charge is 0.481 e. The molecule has 0 fully saturated rings. The Morgan fingerprint density at radius 3 is 3.25 bits per heavy atom. The van der Waals surface area contributed by atoms with Crippen LogP contribution in [-0.4, -0.2) is 21.3 Å². The number of nitrogens with zero attached hydrogens (tertiary/aromatic N) is 1. The summed E-state index contributed by atoms with van der Waals surface area (Å²) in [5, 5.41) is 11.0. The summed E-state index contributed by atoms with van der Waals surface area (Å²) in [6.07, 6.45) is 8.08. The van der Waals surface area contributed by atoms with Crippen molar-refractivity contribution in [3.8, 4) is 0 Å². The van der Waals surface area contributed by atoms with Crippen LogP contribution in [0.25, 0.3) is 0 Å². The van der Waals surface area contributed by atoms with Gasteiger partial charge in [0, 0.05) is 10.6 Å². The van der Waals surface area contributed by atoms with Crippen LogP contribution >= 0.6 is 23.1 Å². The van der Waals surface area contributed by atoms with Gasteiger partial charge in [0.25, 0.3) is 0 Å². The maximum Gasteiger partial charge on any atom is 0.309 e. The van der Waals surface area contributed by atoms with Gasteiger partial charge in [0.15, 0.2) is 4.34 Å². The van der Waals surface area contributed by atoms with Gasteiger partial charge in [0.1, 0.15) is 0 Å². The second-order valence-corrected chi connectivity index (χ2v) is 6.04. The first-order valence-electron chi connectivity index (χ1n) is 5.23. The maximum absolute atomic E-state index is 10.5. The van der Waals surface area contributed by atoms with Crippen molar-refractivity contribution in [2.75, 3.05) is 0 Å². The van der Waals surface area contributed by atoms with Crippen molar-refractivity contribution in [2.45, 2.75) is 35.3 Å². The van der Waals surface area contributed by atoms with Gasteiger partial charge in [-0.05, 0) is 19.3 Å². The highest BCUT2D eigenvalue weighted by molar-refractivity contribution is 8.01. The summed E-state index contributed by atoms with van der Waals surface area (Å²) >= 11 is 3.28. The third-order valence-corrected chi connectivity index (χ3v) is 4.57. The van der Waals surface area contributed by atoms with Gasteiger partial charge in [-0.3, -0.25) is 4.79 Å². The van der Waals surface area contributed by atoms with E-state index in [1.165, 1.54) is 30.6 Å². The molecule has 1 heterocycles. The molecule has 1 aromatic heterocycles. The third kappa shape index (κ3) is 3.35. The molecule has 0 aromatic carbocycles. The molecule has 5 heteroatoms. The lowest BCUT2D eigenvalue weighted by Crippen LogP contribution is -2.02. The van der Waals surface area contributed by atoms with Gasteiger partial charge in [-0.2, -0.15) is 0 Å².